The number of anilines is 6. The van der Waals surface area contributed by atoms with E-state index in [4.69, 9.17) is 8.83 Å². The Balaban J connectivity index is 0.997. The molecule has 2 heterocycles. The summed E-state index contributed by atoms with van der Waals surface area (Å²) >= 11 is 0. The fourth-order valence-electron chi connectivity index (χ4n) is 14.5. The summed E-state index contributed by atoms with van der Waals surface area (Å²) in [6.07, 6.45) is 0. The van der Waals surface area contributed by atoms with Crippen LogP contribution in [0, 0.1) is 6.92 Å². The van der Waals surface area contributed by atoms with E-state index in [9.17, 15) is 0 Å². The Morgan fingerprint density at radius 2 is 0.805 bits per heavy atom. The number of furan rings is 2. The maximum absolute atomic E-state index is 7.00. The quantitative estimate of drug-likeness (QED) is 0.118. The van der Waals surface area contributed by atoms with E-state index in [0.29, 0.717) is 0 Å². The van der Waals surface area contributed by atoms with E-state index in [1.807, 2.05) is 0 Å². The number of fused-ring (bicyclic) bond motifs is 23. The maximum Gasteiger partial charge on any atom is 0.159 e. The second-order valence-electron chi connectivity index (χ2n) is 23.5. The normalized spacial score (nSPS) is 13.2. The monoisotopic (exact) mass is 1070 g/mol. The van der Waals surface area contributed by atoms with Gasteiger partial charge in [0.1, 0.15) is 11.2 Å². The third kappa shape index (κ3) is 6.48. The molecule has 0 saturated carbocycles. The molecule has 0 fully saturated rings. The van der Waals surface area contributed by atoms with Crippen LogP contribution in [0.4, 0.5) is 34.1 Å². The van der Waals surface area contributed by atoms with Crippen molar-refractivity contribution in [3.8, 4) is 22.3 Å². The molecule has 13 aromatic carbocycles. The largest absolute Gasteiger partial charge is 0.454 e. The van der Waals surface area contributed by atoms with Gasteiger partial charge in [0, 0.05) is 44.0 Å². The van der Waals surface area contributed by atoms with Gasteiger partial charge in [0.2, 0.25) is 0 Å². The minimum Gasteiger partial charge on any atom is -0.454 e. The van der Waals surface area contributed by atoms with Crippen LogP contribution in [0.3, 0.4) is 0 Å². The SMILES string of the molecule is Cc1ccc(N(c2ccc3c4c(c5ccccc5c3c2)-c2c(cc(N(c3ccc([Si](C)(C)C)cc3)c3cccc5c3oc3ccccc35)c3ccccc23)C42c3ccccc3-c3ccccc32)c2cccc3c2oc2ccccc23)cc1. The van der Waals surface area contributed by atoms with Gasteiger partial charge >= 0.3 is 0 Å². The summed E-state index contributed by atoms with van der Waals surface area (Å²) in [4.78, 5) is 4.89. The molecule has 0 unspecified atom stereocenters. The Morgan fingerprint density at radius 3 is 1.41 bits per heavy atom. The van der Waals surface area contributed by atoms with E-state index >= 15 is 0 Å². The number of rotatable bonds is 7. The topological polar surface area (TPSA) is 32.8 Å². The van der Waals surface area contributed by atoms with Crippen LogP contribution in [0.5, 0.6) is 0 Å². The van der Waals surface area contributed by atoms with Gasteiger partial charge in [0.05, 0.1) is 30.6 Å². The first kappa shape index (κ1) is 46.9. The summed E-state index contributed by atoms with van der Waals surface area (Å²) < 4.78 is 13.8. The van der Waals surface area contributed by atoms with Gasteiger partial charge < -0.3 is 18.6 Å². The molecule has 0 bridgehead atoms. The fraction of sp³-hybridized carbons (Fsp3) is 0.0649. The third-order valence-corrected chi connectivity index (χ3v) is 20.1. The average Bonchev–Trinajstić information content (AvgIpc) is 1.83. The molecule has 0 atom stereocenters. The highest BCUT2D eigenvalue weighted by Crippen LogP contribution is 2.67. The molecule has 5 heteroatoms. The number of hydrogen-bond donors (Lipinski definition) is 0. The van der Waals surface area contributed by atoms with E-state index in [2.05, 4.69) is 291 Å². The molecule has 82 heavy (non-hydrogen) atoms. The Kier molecular flexibility index (Phi) is 9.89. The van der Waals surface area contributed by atoms with Gasteiger partial charge in [-0.25, -0.2) is 0 Å². The van der Waals surface area contributed by atoms with Gasteiger partial charge in [0.25, 0.3) is 0 Å². The molecule has 2 aliphatic carbocycles. The Labute approximate surface area is 476 Å². The van der Waals surface area contributed by atoms with Crippen LogP contribution in [-0.4, -0.2) is 8.07 Å². The molecule has 0 N–H and O–H groups in total. The van der Waals surface area contributed by atoms with Gasteiger partial charge in [-0.2, -0.15) is 0 Å². The van der Waals surface area contributed by atoms with Crippen molar-refractivity contribution in [3.63, 3.8) is 0 Å². The summed E-state index contributed by atoms with van der Waals surface area (Å²) in [5, 5.41) is 13.1. The molecule has 17 rings (SSSR count). The highest BCUT2D eigenvalue weighted by molar-refractivity contribution is 6.88. The van der Waals surface area contributed by atoms with Crippen LogP contribution in [0.25, 0.3) is 98.4 Å². The lowest BCUT2D eigenvalue weighted by molar-refractivity contribution is 0.668. The first-order valence-electron chi connectivity index (χ1n) is 28.6. The molecule has 1 spiro atoms. The molecular formula is C77H54N2O2Si. The lowest BCUT2D eigenvalue weighted by atomic mass is 9.69. The summed E-state index contributed by atoms with van der Waals surface area (Å²) in [5.74, 6) is 0. The average molecular weight is 1070 g/mol. The predicted molar refractivity (Wildman–Crippen MR) is 347 cm³/mol. The molecule has 4 nitrogen and oxygen atoms in total. The van der Waals surface area contributed by atoms with Crippen LogP contribution in [0.15, 0.2) is 264 Å². The molecule has 0 aliphatic heterocycles. The zero-order chi connectivity index (χ0) is 54.6. The molecule has 0 amide bonds. The van der Waals surface area contributed by atoms with E-state index in [1.165, 1.54) is 87.6 Å². The molecule has 2 aromatic heterocycles. The number of benzene rings is 13. The molecular weight excluding hydrogens is 1010 g/mol. The second kappa shape index (κ2) is 17.3. The Bertz CT molecular complexity index is 5130. The summed E-state index contributed by atoms with van der Waals surface area (Å²) in [6, 6.07) is 94.9. The van der Waals surface area contributed by atoms with E-state index < -0.39 is 13.5 Å². The third-order valence-electron chi connectivity index (χ3n) is 18.0. The maximum atomic E-state index is 7.00. The van der Waals surface area contributed by atoms with Crippen molar-refractivity contribution in [2.24, 2.45) is 0 Å². The lowest BCUT2D eigenvalue weighted by Crippen LogP contribution is -2.37. The van der Waals surface area contributed by atoms with Crippen molar-refractivity contribution in [2.75, 3.05) is 9.80 Å². The Morgan fingerprint density at radius 1 is 0.329 bits per heavy atom. The zero-order valence-electron chi connectivity index (χ0n) is 46.0. The van der Waals surface area contributed by atoms with Crippen molar-refractivity contribution >= 4 is 124 Å². The molecule has 2 aliphatic rings. The summed E-state index contributed by atoms with van der Waals surface area (Å²) in [6.45, 7) is 9.43. The van der Waals surface area contributed by atoms with Crippen LogP contribution in [0.2, 0.25) is 19.6 Å². The number of para-hydroxylation sites is 4. The van der Waals surface area contributed by atoms with Crippen LogP contribution in [-0.2, 0) is 5.41 Å². The smallest absolute Gasteiger partial charge is 0.159 e. The van der Waals surface area contributed by atoms with Gasteiger partial charge in [-0.05, 0) is 145 Å². The van der Waals surface area contributed by atoms with Crippen molar-refractivity contribution in [2.45, 2.75) is 32.0 Å². The molecule has 0 saturated heterocycles. The van der Waals surface area contributed by atoms with Crippen LogP contribution >= 0.6 is 0 Å². The van der Waals surface area contributed by atoms with Crippen molar-refractivity contribution < 1.29 is 8.83 Å². The minimum atomic E-state index is -1.65. The molecule has 15 aromatic rings. The van der Waals surface area contributed by atoms with Gasteiger partial charge in [-0.3, -0.25) is 0 Å². The molecule has 0 radical (unpaired) electrons. The van der Waals surface area contributed by atoms with Crippen molar-refractivity contribution in [1.29, 1.82) is 0 Å². The number of hydrogen-bond acceptors (Lipinski definition) is 4. The highest BCUT2D eigenvalue weighted by Gasteiger charge is 2.54. The standard InChI is InChI=1S/C77H54N2O2Si/c1-47-35-37-48(38-36-47)78(67-31-17-27-61-56-23-11-15-33-70(56)80-75(61)67)50-41-44-60-63(45-50)52-19-5-7-25-58(52)73-72-59-26-8-6-22-55(59)69(46-66(72)77(74(60)73)64-29-13-9-20-53(64)54-21-10-14-30-65(54)77)79(49-39-42-51(43-40-49)82(2,3)4)68-32-18-28-62-57-24-12-16-34-71(57)81-76(62)68/h5-46H,1-4H3. The van der Waals surface area contributed by atoms with Gasteiger partial charge in [-0.15, -0.1) is 0 Å². The first-order chi connectivity index (χ1) is 40.2. The van der Waals surface area contributed by atoms with Gasteiger partial charge in [0.15, 0.2) is 11.2 Å². The van der Waals surface area contributed by atoms with Crippen LogP contribution < -0.4 is 15.0 Å². The number of nitrogens with zero attached hydrogens (tertiary/aromatic N) is 2. The van der Waals surface area contributed by atoms with E-state index in [-0.39, 0.29) is 0 Å². The Hall–Kier alpha value is -9.94. The first-order valence-corrected chi connectivity index (χ1v) is 32.1. The second-order valence-corrected chi connectivity index (χ2v) is 28.6. The zero-order valence-corrected chi connectivity index (χ0v) is 47.0. The minimum absolute atomic E-state index is 0.727. The summed E-state index contributed by atoms with van der Waals surface area (Å²) in [5.41, 5.74) is 20.5. The van der Waals surface area contributed by atoms with Crippen molar-refractivity contribution in [3.05, 3.63) is 283 Å². The fourth-order valence-corrected chi connectivity index (χ4v) is 15.6. The van der Waals surface area contributed by atoms with E-state index in [0.717, 1.165) is 78.0 Å². The van der Waals surface area contributed by atoms with Crippen molar-refractivity contribution in [1.82, 2.24) is 0 Å². The predicted octanol–water partition coefficient (Wildman–Crippen LogP) is 21.1. The molecule has 388 valence electrons. The highest BCUT2D eigenvalue weighted by atomic mass is 28.3. The van der Waals surface area contributed by atoms with E-state index in [1.54, 1.807) is 0 Å². The van der Waals surface area contributed by atoms with Gasteiger partial charge in [-0.1, -0.05) is 218 Å². The lowest BCUT2D eigenvalue weighted by Gasteiger charge is -2.34. The summed E-state index contributed by atoms with van der Waals surface area (Å²) in [7, 11) is -1.65. The number of aryl methyl sites for hydroxylation is 1. The van der Waals surface area contributed by atoms with Crippen LogP contribution in [0.1, 0.15) is 27.8 Å².